The molecule has 1 amide bonds. The summed E-state index contributed by atoms with van der Waals surface area (Å²) in [4.78, 5) is 15.4. The number of carbonyl (C=O) groups is 1. The Labute approximate surface area is 167 Å². The number of terminal acetylenes is 1. The van der Waals surface area contributed by atoms with Crippen LogP contribution in [0.3, 0.4) is 0 Å². The molecule has 0 radical (unpaired) electrons. The van der Waals surface area contributed by atoms with Crippen molar-refractivity contribution in [3.05, 3.63) is 24.3 Å². The van der Waals surface area contributed by atoms with Crippen LogP contribution in [0.5, 0.6) is 5.75 Å². The van der Waals surface area contributed by atoms with Crippen molar-refractivity contribution >= 4 is 27.5 Å². The fourth-order valence-electron chi connectivity index (χ4n) is 2.66. The number of benzene rings is 1. The lowest BCUT2D eigenvalue weighted by atomic mass is 10.2. The Morgan fingerprint density at radius 1 is 1.19 bits per heavy atom. The quantitative estimate of drug-likeness (QED) is 0.315. The highest BCUT2D eigenvalue weighted by atomic mass is 79.9. The first-order valence-electron chi connectivity index (χ1n) is 8.75. The minimum absolute atomic E-state index is 0.291. The average Bonchev–Trinajstić information content (AvgIpc) is 2.69. The van der Waals surface area contributed by atoms with Gasteiger partial charge in [-0.25, -0.2) is 4.39 Å². The summed E-state index contributed by atoms with van der Waals surface area (Å²) in [5.74, 6) is 2.63. The average molecular weight is 443 g/mol. The van der Waals surface area contributed by atoms with Crippen LogP contribution in [0.25, 0.3) is 0 Å². The molecule has 148 valence electrons. The smallest absolute Gasteiger partial charge is 0.268 e. The van der Waals surface area contributed by atoms with E-state index in [1.54, 1.807) is 0 Å². The molecule has 2 rings (SSSR count). The summed E-state index contributed by atoms with van der Waals surface area (Å²) in [6.45, 7) is 4.40. The molecule has 0 aliphatic carbocycles. The summed E-state index contributed by atoms with van der Waals surface area (Å²) in [5, 5.41) is -1.63. The lowest BCUT2D eigenvalue weighted by Crippen LogP contribution is -2.50. The largest absolute Gasteiger partial charge is 0.491 e. The lowest BCUT2D eigenvalue weighted by molar-refractivity contribution is -0.133. The summed E-state index contributed by atoms with van der Waals surface area (Å²) in [6.07, 6.45) is 5.08. The zero-order valence-electron chi connectivity index (χ0n) is 15.1. The van der Waals surface area contributed by atoms with Gasteiger partial charge in [-0.2, -0.15) is 0 Å². The van der Waals surface area contributed by atoms with Gasteiger partial charge in [0.05, 0.1) is 19.8 Å². The summed E-state index contributed by atoms with van der Waals surface area (Å²) in [6, 6.07) is 7.76. The summed E-state index contributed by atoms with van der Waals surface area (Å²) >= 11 is 2.68. The third-order valence-corrected chi connectivity index (χ3v) is 4.41. The molecule has 8 heteroatoms. The van der Waals surface area contributed by atoms with E-state index in [0.29, 0.717) is 59.2 Å². The molecule has 1 aromatic carbocycles. The van der Waals surface area contributed by atoms with Crippen molar-refractivity contribution in [2.24, 2.45) is 0 Å². The number of amides is 1. The van der Waals surface area contributed by atoms with Crippen LogP contribution in [-0.4, -0.2) is 75.1 Å². The Morgan fingerprint density at radius 2 is 1.89 bits per heavy atom. The summed E-state index contributed by atoms with van der Waals surface area (Å²) < 4.78 is 29.3. The molecule has 0 spiro atoms. The van der Waals surface area contributed by atoms with Crippen molar-refractivity contribution in [2.45, 2.75) is 5.08 Å². The zero-order valence-corrected chi connectivity index (χ0v) is 16.7. The maximum Gasteiger partial charge on any atom is 0.268 e. The zero-order chi connectivity index (χ0) is 19.5. The topological polar surface area (TPSA) is 51.2 Å². The number of anilines is 1. The second kappa shape index (κ2) is 11.8. The van der Waals surface area contributed by atoms with E-state index >= 15 is 0 Å². The van der Waals surface area contributed by atoms with Crippen molar-refractivity contribution in [3.8, 4) is 18.1 Å². The fourth-order valence-corrected chi connectivity index (χ4v) is 2.95. The highest BCUT2D eigenvalue weighted by molar-refractivity contribution is 9.09. The third kappa shape index (κ3) is 7.37. The molecule has 0 bridgehead atoms. The standard InChI is InChI=1S/C19H24BrFN2O4/c1-2-10-25-11-12-26-13-14-27-17-5-3-4-16(15-17)22-6-8-23(9-7-22)19(24)18(20)21/h1,3-5,15,18H,6-14H2. The molecule has 1 fully saturated rings. The van der Waals surface area contributed by atoms with Crippen LogP contribution in [0.4, 0.5) is 10.1 Å². The van der Waals surface area contributed by atoms with Crippen molar-refractivity contribution in [2.75, 3.05) is 64.1 Å². The molecule has 1 heterocycles. The number of alkyl halides is 2. The first-order chi connectivity index (χ1) is 13.1. The predicted octanol–water partition coefficient (Wildman–Crippen LogP) is 2.07. The number of halogens is 2. The lowest BCUT2D eigenvalue weighted by Gasteiger charge is -2.36. The number of rotatable bonds is 10. The third-order valence-electron chi connectivity index (χ3n) is 4.01. The number of carbonyl (C=O) groups excluding carboxylic acids is 1. The molecular formula is C19H24BrFN2O4. The van der Waals surface area contributed by atoms with Gasteiger partial charge in [-0.3, -0.25) is 4.79 Å². The van der Waals surface area contributed by atoms with Crippen molar-refractivity contribution in [3.63, 3.8) is 0 Å². The molecule has 0 aromatic heterocycles. The van der Waals surface area contributed by atoms with E-state index in [2.05, 4.69) is 26.8 Å². The number of nitrogens with zero attached hydrogens (tertiary/aromatic N) is 2. The van der Waals surface area contributed by atoms with E-state index in [1.807, 2.05) is 24.3 Å². The summed E-state index contributed by atoms with van der Waals surface area (Å²) in [7, 11) is 0. The van der Waals surface area contributed by atoms with Gasteiger partial charge in [0.25, 0.3) is 5.91 Å². The van der Waals surface area contributed by atoms with Gasteiger partial charge in [-0.1, -0.05) is 12.0 Å². The SMILES string of the molecule is C#CCOCCOCCOc1cccc(N2CCN(C(=O)C(F)Br)CC2)c1. The van der Waals surface area contributed by atoms with Gasteiger partial charge in [0.2, 0.25) is 5.08 Å². The van der Waals surface area contributed by atoms with Crippen LogP contribution >= 0.6 is 15.9 Å². The molecule has 1 atom stereocenters. The molecule has 0 N–H and O–H groups in total. The maximum absolute atomic E-state index is 13.1. The van der Waals surface area contributed by atoms with Crippen LogP contribution < -0.4 is 9.64 Å². The van der Waals surface area contributed by atoms with Gasteiger partial charge >= 0.3 is 0 Å². The van der Waals surface area contributed by atoms with Crippen molar-refractivity contribution in [1.29, 1.82) is 0 Å². The second-order valence-electron chi connectivity index (χ2n) is 5.83. The van der Waals surface area contributed by atoms with Gasteiger partial charge in [0.1, 0.15) is 19.0 Å². The van der Waals surface area contributed by atoms with Crippen LogP contribution in [0.1, 0.15) is 0 Å². The Bertz CT molecular complexity index is 630. The number of hydrogen-bond acceptors (Lipinski definition) is 5. The first kappa shape index (κ1) is 21.5. The molecule has 1 aliphatic heterocycles. The van der Waals surface area contributed by atoms with E-state index in [-0.39, 0.29) is 0 Å². The van der Waals surface area contributed by atoms with E-state index in [9.17, 15) is 9.18 Å². The number of hydrogen-bond donors (Lipinski definition) is 0. The predicted molar refractivity (Wildman–Crippen MR) is 105 cm³/mol. The molecule has 1 unspecified atom stereocenters. The van der Waals surface area contributed by atoms with Gasteiger partial charge in [0.15, 0.2) is 0 Å². The van der Waals surface area contributed by atoms with E-state index < -0.39 is 11.0 Å². The van der Waals surface area contributed by atoms with E-state index in [4.69, 9.17) is 20.6 Å². The number of piperazine rings is 1. The Balaban J connectivity index is 1.71. The molecule has 1 aliphatic rings. The summed E-state index contributed by atoms with van der Waals surface area (Å²) in [5.41, 5.74) is 1.01. The van der Waals surface area contributed by atoms with Crippen LogP contribution in [0.2, 0.25) is 0 Å². The number of ether oxygens (including phenoxy) is 3. The monoisotopic (exact) mass is 442 g/mol. The molecular weight excluding hydrogens is 419 g/mol. The highest BCUT2D eigenvalue weighted by Crippen LogP contribution is 2.23. The van der Waals surface area contributed by atoms with Crippen LogP contribution in [-0.2, 0) is 14.3 Å². The fraction of sp³-hybridized carbons (Fsp3) is 0.526. The molecule has 6 nitrogen and oxygen atoms in total. The van der Waals surface area contributed by atoms with E-state index in [1.165, 1.54) is 4.90 Å². The highest BCUT2D eigenvalue weighted by Gasteiger charge is 2.25. The molecule has 1 saturated heterocycles. The molecule has 27 heavy (non-hydrogen) atoms. The van der Waals surface area contributed by atoms with Crippen molar-refractivity contribution < 1.29 is 23.4 Å². The van der Waals surface area contributed by atoms with Crippen LogP contribution in [0, 0.1) is 12.3 Å². The van der Waals surface area contributed by atoms with E-state index in [0.717, 1.165) is 11.4 Å². The Morgan fingerprint density at radius 3 is 2.59 bits per heavy atom. The minimum atomic E-state index is -1.63. The normalized spacial score (nSPS) is 15.3. The van der Waals surface area contributed by atoms with Gasteiger partial charge in [-0.05, 0) is 28.1 Å². The van der Waals surface area contributed by atoms with Crippen LogP contribution in [0.15, 0.2) is 24.3 Å². The maximum atomic E-state index is 13.1. The van der Waals surface area contributed by atoms with Crippen molar-refractivity contribution in [1.82, 2.24) is 4.90 Å². The molecule has 1 aromatic rings. The Hall–Kier alpha value is -1.82. The second-order valence-corrected chi connectivity index (χ2v) is 6.63. The van der Waals surface area contributed by atoms with Gasteiger partial charge in [-0.15, -0.1) is 6.42 Å². The van der Waals surface area contributed by atoms with Gasteiger partial charge in [0, 0.05) is 37.9 Å². The molecule has 0 saturated carbocycles. The minimum Gasteiger partial charge on any atom is -0.491 e. The first-order valence-corrected chi connectivity index (χ1v) is 9.67. The Kier molecular flexibility index (Phi) is 9.39. The van der Waals surface area contributed by atoms with Gasteiger partial charge < -0.3 is 24.0 Å².